The lowest BCUT2D eigenvalue weighted by atomic mass is 10.1. The summed E-state index contributed by atoms with van der Waals surface area (Å²) in [6.07, 6.45) is 1.69. The summed E-state index contributed by atoms with van der Waals surface area (Å²) in [4.78, 5) is 26.9. The standard InChI is InChI=1S/C28H26ClNO5S/c1-3-33-25-16-20(10-11-24(25)35-18-21-7-5-8-22(29)15-21)17-26-27(31)30(28(32)36-26)12-13-34-23-9-4-6-19(2)14-23/h4-11,14-17H,3,12-13,18H2,1-2H3/b26-17-. The van der Waals surface area contributed by atoms with E-state index in [2.05, 4.69) is 0 Å². The highest BCUT2D eigenvalue weighted by Gasteiger charge is 2.34. The molecule has 3 aromatic carbocycles. The van der Waals surface area contributed by atoms with E-state index in [4.69, 9.17) is 25.8 Å². The fourth-order valence-electron chi connectivity index (χ4n) is 3.59. The molecular weight excluding hydrogens is 498 g/mol. The molecule has 0 aliphatic carbocycles. The number of hydrogen-bond donors (Lipinski definition) is 0. The quantitative estimate of drug-likeness (QED) is 0.274. The van der Waals surface area contributed by atoms with E-state index in [0.717, 1.165) is 28.5 Å². The van der Waals surface area contributed by atoms with Crippen LogP contribution in [0.5, 0.6) is 17.2 Å². The maximum absolute atomic E-state index is 12.9. The number of carbonyl (C=O) groups is 2. The minimum absolute atomic E-state index is 0.177. The second-order valence-corrected chi connectivity index (χ2v) is 9.49. The van der Waals surface area contributed by atoms with Crippen molar-refractivity contribution in [3.05, 3.63) is 93.3 Å². The first-order valence-corrected chi connectivity index (χ1v) is 12.7. The third kappa shape index (κ3) is 6.62. The molecule has 0 spiro atoms. The molecule has 0 aromatic heterocycles. The van der Waals surface area contributed by atoms with Crippen LogP contribution in [-0.4, -0.2) is 35.8 Å². The van der Waals surface area contributed by atoms with E-state index in [1.807, 2.05) is 68.4 Å². The lowest BCUT2D eigenvalue weighted by Gasteiger charge is -2.14. The van der Waals surface area contributed by atoms with E-state index in [9.17, 15) is 9.59 Å². The number of nitrogens with zero attached hydrogens (tertiary/aromatic N) is 1. The van der Waals surface area contributed by atoms with Crippen LogP contribution in [0.1, 0.15) is 23.6 Å². The number of imide groups is 1. The van der Waals surface area contributed by atoms with Gasteiger partial charge >= 0.3 is 0 Å². The molecule has 0 atom stereocenters. The molecule has 6 nitrogen and oxygen atoms in total. The summed E-state index contributed by atoms with van der Waals surface area (Å²) >= 11 is 6.97. The molecule has 0 N–H and O–H groups in total. The van der Waals surface area contributed by atoms with Crippen LogP contribution in [0, 0.1) is 6.92 Å². The molecule has 1 heterocycles. The number of thioether (sulfide) groups is 1. The van der Waals surface area contributed by atoms with Gasteiger partial charge in [0.2, 0.25) is 0 Å². The van der Waals surface area contributed by atoms with Gasteiger partial charge in [0.25, 0.3) is 11.1 Å². The number of amides is 2. The third-order valence-electron chi connectivity index (χ3n) is 5.30. The number of halogens is 1. The molecule has 0 unspecified atom stereocenters. The zero-order valence-electron chi connectivity index (χ0n) is 20.0. The molecule has 186 valence electrons. The highest BCUT2D eigenvalue weighted by atomic mass is 35.5. The first-order valence-electron chi connectivity index (χ1n) is 11.5. The normalized spacial score (nSPS) is 14.4. The van der Waals surface area contributed by atoms with Gasteiger partial charge in [-0.05, 0) is 84.8 Å². The van der Waals surface area contributed by atoms with Crippen molar-refractivity contribution in [2.45, 2.75) is 20.5 Å². The summed E-state index contributed by atoms with van der Waals surface area (Å²) in [7, 11) is 0. The van der Waals surface area contributed by atoms with Crippen LogP contribution in [0.2, 0.25) is 5.02 Å². The predicted molar refractivity (Wildman–Crippen MR) is 143 cm³/mol. The Labute approximate surface area is 219 Å². The molecule has 36 heavy (non-hydrogen) atoms. The van der Waals surface area contributed by atoms with Crippen LogP contribution < -0.4 is 14.2 Å². The van der Waals surface area contributed by atoms with Crippen LogP contribution in [0.3, 0.4) is 0 Å². The van der Waals surface area contributed by atoms with Gasteiger partial charge in [-0.3, -0.25) is 14.5 Å². The molecule has 4 rings (SSSR count). The van der Waals surface area contributed by atoms with Gasteiger partial charge < -0.3 is 14.2 Å². The van der Waals surface area contributed by atoms with Gasteiger partial charge in [-0.15, -0.1) is 0 Å². The summed E-state index contributed by atoms with van der Waals surface area (Å²) in [5.74, 6) is 1.50. The van der Waals surface area contributed by atoms with Crippen molar-refractivity contribution >= 4 is 40.6 Å². The van der Waals surface area contributed by atoms with Crippen molar-refractivity contribution in [2.75, 3.05) is 19.8 Å². The molecule has 0 radical (unpaired) electrons. The van der Waals surface area contributed by atoms with Gasteiger partial charge in [-0.2, -0.15) is 0 Å². The number of benzene rings is 3. The Hall–Kier alpha value is -3.42. The average Bonchev–Trinajstić information content (AvgIpc) is 3.11. The topological polar surface area (TPSA) is 65.1 Å². The van der Waals surface area contributed by atoms with Crippen molar-refractivity contribution in [3.8, 4) is 17.2 Å². The summed E-state index contributed by atoms with van der Waals surface area (Å²) in [6, 6.07) is 20.5. The highest BCUT2D eigenvalue weighted by molar-refractivity contribution is 8.18. The second kappa shape index (κ2) is 12.0. The van der Waals surface area contributed by atoms with Crippen LogP contribution >= 0.6 is 23.4 Å². The third-order valence-corrected chi connectivity index (χ3v) is 6.44. The molecule has 8 heteroatoms. The van der Waals surface area contributed by atoms with Gasteiger partial charge in [0.15, 0.2) is 11.5 Å². The zero-order valence-corrected chi connectivity index (χ0v) is 21.6. The number of hydrogen-bond acceptors (Lipinski definition) is 6. The van der Waals surface area contributed by atoms with Gasteiger partial charge in [-0.25, -0.2) is 0 Å². The Morgan fingerprint density at radius 2 is 1.78 bits per heavy atom. The fourth-order valence-corrected chi connectivity index (χ4v) is 4.67. The number of ether oxygens (including phenoxy) is 3. The summed E-state index contributed by atoms with van der Waals surface area (Å²) in [5, 5.41) is 0.331. The lowest BCUT2D eigenvalue weighted by Crippen LogP contribution is -2.32. The molecule has 3 aromatic rings. The predicted octanol–water partition coefficient (Wildman–Crippen LogP) is 6.74. The van der Waals surface area contributed by atoms with Gasteiger partial charge in [0, 0.05) is 5.02 Å². The number of aryl methyl sites for hydroxylation is 1. The van der Waals surface area contributed by atoms with Crippen molar-refractivity contribution in [1.29, 1.82) is 0 Å². The highest BCUT2D eigenvalue weighted by Crippen LogP contribution is 2.35. The van der Waals surface area contributed by atoms with Gasteiger partial charge in [-0.1, -0.05) is 41.9 Å². The minimum Gasteiger partial charge on any atom is -0.492 e. The number of carbonyl (C=O) groups excluding carboxylic acids is 2. The maximum Gasteiger partial charge on any atom is 0.293 e. The molecule has 2 amide bonds. The van der Waals surface area contributed by atoms with Crippen LogP contribution in [0.15, 0.2) is 71.6 Å². The largest absolute Gasteiger partial charge is 0.492 e. The Balaban J connectivity index is 1.42. The van der Waals surface area contributed by atoms with Crippen molar-refractivity contribution < 1.29 is 23.8 Å². The molecule has 1 aliphatic heterocycles. The monoisotopic (exact) mass is 523 g/mol. The summed E-state index contributed by atoms with van der Waals surface area (Å²) in [5.41, 5.74) is 2.75. The molecule has 0 bridgehead atoms. The Morgan fingerprint density at radius 1 is 0.944 bits per heavy atom. The Bertz CT molecular complexity index is 1290. The molecular formula is C28H26ClNO5S. The van der Waals surface area contributed by atoms with Crippen molar-refractivity contribution in [1.82, 2.24) is 4.90 Å². The minimum atomic E-state index is -0.336. The van der Waals surface area contributed by atoms with Crippen molar-refractivity contribution in [2.24, 2.45) is 0 Å². The Kier molecular flexibility index (Phi) is 8.57. The molecule has 1 fully saturated rings. The molecule has 0 saturated carbocycles. The van der Waals surface area contributed by atoms with Crippen molar-refractivity contribution in [3.63, 3.8) is 0 Å². The number of rotatable bonds is 10. The molecule has 1 saturated heterocycles. The zero-order chi connectivity index (χ0) is 25.5. The Morgan fingerprint density at radius 3 is 2.56 bits per heavy atom. The second-order valence-electron chi connectivity index (χ2n) is 8.06. The maximum atomic E-state index is 12.9. The van der Waals surface area contributed by atoms with E-state index >= 15 is 0 Å². The van der Waals surface area contributed by atoms with E-state index in [-0.39, 0.29) is 24.3 Å². The van der Waals surface area contributed by atoms with Gasteiger partial charge in [0.1, 0.15) is 19.0 Å². The van der Waals surface area contributed by atoms with E-state index in [1.54, 1.807) is 18.2 Å². The van der Waals surface area contributed by atoms with Gasteiger partial charge in [0.05, 0.1) is 18.1 Å². The summed E-state index contributed by atoms with van der Waals surface area (Å²) in [6.45, 7) is 5.05. The van der Waals surface area contributed by atoms with E-state index in [1.165, 1.54) is 4.90 Å². The van der Waals surface area contributed by atoms with Crippen LogP contribution in [0.25, 0.3) is 6.08 Å². The van der Waals surface area contributed by atoms with Crippen LogP contribution in [-0.2, 0) is 11.4 Å². The average molecular weight is 524 g/mol. The van der Waals surface area contributed by atoms with Crippen LogP contribution in [0.4, 0.5) is 4.79 Å². The smallest absolute Gasteiger partial charge is 0.293 e. The first-order chi connectivity index (χ1) is 17.4. The lowest BCUT2D eigenvalue weighted by molar-refractivity contribution is -0.123. The van der Waals surface area contributed by atoms with E-state index in [0.29, 0.717) is 40.4 Å². The summed E-state index contributed by atoms with van der Waals surface area (Å²) < 4.78 is 17.4. The fraction of sp³-hybridized carbons (Fsp3) is 0.214. The molecule has 1 aliphatic rings. The van der Waals surface area contributed by atoms with E-state index < -0.39 is 0 Å². The SMILES string of the molecule is CCOc1cc(/C=C2\SC(=O)N(CCOc3cccc(C)c3)C2=O)ccc1OCc1cccc(Cl)c1. The first kappa shape index (κ1) is 25.7.